The van der Waals surface area contributed by atoms with Crippen LogP contribution in [0.3, 0.4) is 0 Å². The van der Waals surface area contributed by atoms with E-state index in [1.54, 1.807) is 16.6 Å². The van der Waals surface area contributed by atoms with Gasteiger partial charge < -0.3 is 5.32 Å². The number of fused-ring (bicyclic) bond motifs is 1. The highest BCUT2D eigenvalue weighted by atomic mass is 16.1. The number of nitrogens with zero attached hydrogens (tertiary/aromatic N) is 3. The molecule has 6 heteroatoms. The summed E-state index contributed by atoms with van der Waals surface area (Å²) in [4.78, 5) is 16.7. The number of pyridine rings is 1. The van der Waals surface area contributed by atoms with Crippen LogP contribution in [0, 0.1) is 0 Å². The van der Waals surface area contributed by atoms with E-state index in [4.69, 9.17) is 0 Å². The number of hydrogen-bond donors (Lipinski definition) is 2. The van der Waals surface area contributed by atoms with Gasteiger partial charge in [0.1, 0.15) is 5.82 Å². The molecule has 128 valence electrons. The van der Waals surface area contributed by atoms with Gasteiger partial charge in [-0.3, -0.25) is 10.1 Å². The molecule has 2 aromatic heterocycles. The van der Waals surface area contributed by atoms with E-state index in [-0.39, 0.29) is 5.91 Å². The minimum Gasteiger partial charge on any atom is -0.367 e. The number of amides is 1. The third kappa shape index (κ3) is 3.47. The number of anilines is 2. The number of benzene rings is 1. The fourth-order valence-electron chi connectivity index (χ4n) is 3.29. The summed E-state index contributed by atoms with van der Waals surface area (Å²) >= 11 is 0. The Kier molecular flexibility index (Phi) is 4.33. The molecule has 1 saturated carbocycles. The third-order valence-corrected chi connectivity index (χ3v) is 4.58. The number of carbonyl (C=O) groups excluding carboxylic acids is 1. The second-order valence-corrected chi connectivity index (χ2v) is 6.42. The highest BCUT2D eigenvalue weighted by Gasteiger charge is 2.16. The van der Waals surface area contributed by atoms with Crippen LogP contribution in [0.4, 0.5) is 11.8 Å². The zero-order valence-corrected chi connectivity index (χ0v) is 14.0. The lowest BCUT2D eigenvalue weighted by Crippen LogP contribution is -2.23. The maximum atomic E-state index is 12.3. The van der Waals surface area contributed by atoms with E-state index in [9.17, 15) is 4.79 Å². The Hall–Kier alpha value is -2.89. The summed E-state index contributed by atoms with van der Waals surface area (Å²) in [7, 11) is 0. The SMILES string of the molecule is O=C(Nc1nc2cccc(NC3CCCCC3)n2n1)c1ccccc1. The van der Waals surface area contributed by atoms with Crippen molar-refractivity contribution in [2.45, 2.75) is 38.1 Å². The largest absolute Gasteiger partial charge is 0.367 e. The van der Waals surface area contributed by atoms with Crippen molar-refractivity contribution in [3.05, 3.63) is 54.1 Å². The first-order chi connectivity index (χ1) is 12.3. The molecule has 1 aromatic carbocycles. The number of aromatic nitrogens is 3. The molecule has 1 aliphatic carbocycles. The topological polar surface area (TPSA) is 71.3 Å². The van der Waals surface area contributed by atoms with Crippen LogP contribution < -0.4 is 10.6 Å². The van der Waals surface area contributed by atoms with Crippen LogP contribution in [-0.2, 0) is 0 Å². The van der Waals surface area contributed by atoms with Gasteiger partial charge in [-0.1, -0.05) is 43.5 Å². The van der Waals surface area contributed by atoms with Gasteiger partial charge in [-0.15, -0.1) is 5.10 Å². The maximum Gasteiger partial charge on any atom is 0.258 e. The highest BCUT2D eigenvalue weighted by Crippen LogP contribution is 2.22. The fourth-order valence-corrected chi connectivity index (χ4v) is 3.29. The summed E-state index contributed by atoms with van der Waals surface area (Å²) in [6.07, 6.45) is 6.22. The first-order valence-electron chi connectivity index (χ1n) is 8.78. The van der Waals surface area contributed by atoms with Crippen molar-refractivity contribution >= 4 is 23.3 Å². The van der Waals surface area contributed by atoms with E-state index in [2.05, 4.69) is 20.7 Å². The molecule has 1 amide bonds. The van der Waals surface area contributed by atoms with Crippen molar-refractivity contribution < 1.29 is 4.79 Å². The molecule has 0 bridgehead atoms. The Balaban J connectivity index is 1.55. The van der Waals surface area contributed by atoms with Gasteiger partial charge in [0, 0.05) is 11.6 Å². The molecule has 2 heterocycles. The average molecular weight is 335 g/mol. The molecule has 0 saturated heterocycles. The Morgan fingerprint density at radius 3 is 2.60 bits per heavy atom. The quantitative estimate of drug-likeness (QED) is 0.762. The molecule has 4 rings (SSSR count). The molecular formula is C19H21N5O. The summed E-state index contributed by atoms with van der Waals surface area (Å²) in [5.41, 5.74) is 1.30. The van der Waals surface area contributed by atoms with Gasteiger partial charge in [0.15, 0.2) is 5.65 Å². The van der Waals surface area contributed by atoms with Crippen LogP contribution in [0.2, 0.25) is 0 Å². The first kappa shape index (κ1) is 15.6. The van der Waals surface area contributed by atoms with Gasteiger partial charge in [0.2, 0.25) is 5.95 Å². The van der Waals surface area contributed by atoms with Crippen molar-refractivity contribution in [1.82, 2.24) is 14.6 Å². The van der Waals surface area contributed by atoms with Crippen LogP contribution in [-0.4, -0.2) is 26.5 Å². The molecule has 0 spiro atoms. The van der Waals surface area contributed by atoms with Crippen molar-refractivity contribution in [1.29, 1.82) is 0 Å². The Labute approximate surface area is 146 Å². The summed E-state index contributed by atoms with van der Waals surface area (Å²) in [5.74, 6) is 1.02. The molecule has 0 radical (unpaired) electrons. The molecular weight excluding hydrogens is 314 g/mol. The van der Waals surface area contributed by atoms with E-state index >= 15 is 0 Å². The molecule has 6 nitrogen and oxygen atoms in total. The van der Waals surface area contributed by atoms with Crippen LogP contribution in [0.5, 0.6) is 0 Å². The van der Waals surface area contributed by atoms with E-state index in [1.165, 1.54) is 32.1 Å². The van der Waals surface area contributed by atoms with Crippen molar-refractivity contribution in [3.8, 4) is 0 Å². The van der Waals surface area contributed by atoms with Crippen molar-refractivity contribution in [2.75, 3.05) is 10.6 Å². The predicted octanol–water partition coefficient (Wildman–Crippen LogP) is 3.73. The van der Waals surface area contributed by atoms with E-state index in [1.807, 2.05) is 36.4 Å². The highest BCUT2D eigenvalue weighted by molar-refractivity contribution is 6.03. The van der Waals surface area contributed by atoms with Crippen LogP contribution >= 0.6 is 0 Å². The Morgan fingerprint density at radius 2 is 1.80 bits per heavy atom. The van der Waals surface area contributed by atoms with Crippen molar-refractivity contribution in [3.63, 3.8) is 0 Å². The minimum absolute atomic E-state index is 0.210. The molecule has 2 N–H and O–H groups in total. The van der Waals surface area contributed by atoms with Gasteiger partial charge in [0.05, 0.1) is 0 Å². The van der Waals surface area contributed by atoms with Gasteiger partial charge in [0.25, 0.3) is 5.91 Å². The summed E-state index contributed by atoms with van der Waals surface area (Å²) in [6.45, 7) is 0. The van der Waals surface area contributed by atoms with Gasteiger partial charge >= 0.3 is 0 Å². The first-order valence-corrected chi connectivity index (χ1v) is 8.78. The predicted molar refractivity (Wildman–Crippen MR) is 97.9 cm³/mol. The monoisotopic (exact) mass is 335 g/mol. The minimum atomic E-state index is -0.210. The number of hydrogen-bond acceptors (Lipinski definition) is 4. The lowest BCUT2D eigenvalue weighted by molar-refractivity contribution is 0.102. The fraction of sp³-hybridized carbons (Fsp3) is 0.316. The molecule has 1 aliphatic rings. The Morgan fingerprint density at radius 1 is 1.00 bits per heavy atom. The number of nitrogens with one attached hydrogen (secondary N) is 2. The molecule has 3 aromatic rings. The average Bonchev–Trinajstić information content (AvgIpc) is 3.07. The van der Waals surface area contributed by atoms with E-state index in [0.29, 0.717) is 23.2 Å². The molecule has 0 atom stereocenters. The lowest BCUT2D eigenvalue weighted by atomic mass is 9.95. The molecule has 1 fully saturated rings. The summed E-state index contributed by atoms with van der Waals surface area (Å²) < 4.78 is 1.76. The maximum absolute atomic E-state index is 12.3. The number of carbonyl (C=O) groups is 1. The lowest BCUT2D eigenvalue weighted by Gasteiger charge is -2.23. The van der Waals surface area contributed by atoms with Gasteiger partial charge in [-0.25, -0.2) is 0 Å². The van der Waals surface area contributed by atoms with E-state index < -0.39 is 0 Å². The zero-order chi connectivity index (χ0) is 17.1. The third-order valence-electron chi connectivity index (χ3n) is 4.58. The van der Waals surface area contributed by atoms with E-state index in [0.717, 1.165) is 5.82 Å². The normalized spacial score (nSPS) is 15.2. The Bertz CT molecular complexity index is 868. The van der Waals surface area contributed by atoms with Crippen molar-refractivity contribution in [2.24, 2.45) is 0 Å². The zero-order valence-electron chi connectivity index (χ0n) is 14.0. The summed E-state index contributed by atoms with van der Waals surface area (Å²) in [6, 6.07) is 15.4. The smallest absolute Gasteiger partial charge is 0.258 e. The molecule has 0 unspecified atom stereocenters. The standard InChI is InChI=1S/C19H21N5O/c25-18(14-8-3-1-4-9-14)22-19-21-17-13-7-12-16(24(17)23-19)20-15-10-5-2-6-11-15/h1,3-4,7-9,12-13,15,20H,2,5-6,10-11H2,(H,22,23,25). The second kappa shape index (κ2) is 6.93. The second-order valence-electron chi connectivity index (χ2n) is 6.42. The van der Waals surface area contributed by atoms with Crippen LogP contribution in [0.25, 0.3) is 5.65 Å². The van der Waals surface area contributed by atoms with Crippen LogP contribution in [0.15, 0.2) is 48.5 Å². The van der Waals surface area contributed by atoms with Gasteiger partial charge in [-0.05, 0) is 37.1 Å². The molecule has 0 aliphatic heterocycles. The number of rotatable bonds is 4. The molecule has 25 heavy (non-hydrogen) atoms. The van der Waals surface area contributed by atoms with Gasteiger partial charge in [-0.2, -0.15) is 9.50 Å². The summed E-state index contributed by atoms with van der Waals surface area (Å²) in [5, 5.41) is 10.8. The van der Waals surface area contributed by atoms with Crippen LogP contribution in [0.1, 0.15) is 42.5 Å².